The number of fused-ring (bicyclic) bond motifs is 4. The van der Waals surface area contributed by atoms with Crippen LogP contribution in [0.15, 0.2) is 69.9 Å². The van der Waals surface area contributed by atoms with E-state index in [0.717, 1.165) is 18.2 Å². The van der Waals surface area contributed by atoms with Crippen LogP contribution in [0.2, 0.25) is 0 Å². The molecule has 7 rings (SSSR count). The minimum absolute atomic E-state index is 0.0372. The second kappa shape index (κ2) is 10.4. The first-order valence-corrected chi connectivity index (χ1v) is 14.0. The van der Waals surface area contributed by atoms with E-state index >= 15 is 0 Å². The van der Waals surface area contributed by atoms with E-state index in [2.05, 4.69) is 0 Å². The van der Waals surface area contributed by atoms with E-state index in [1.165, 1.54) is 42.5 Å². The zero-order chi connectivity index (χ0) is 32.6. The zero-order valence-corrected chi connectivity index (χ0v) is 23.5. The summed E-state index contributed by atoms with van der Waals surface area (Å²) in [5.41, 5.74) is -0.387. The van der Waals surface area contributed by atoms with Gasteiger partial charge < -0.3 is 59.8 Å². The third kappa shape index (κ3) is 4.44. The van der Waals surface area contributed by atoms with Gasteiger partial charge in [-0.2, -0.15) is 0 Å². The molecule has 2 aliphatic rings. The van der Waals surface area contributed by atoms with Crippen molar-refractivity contribution in [2.45, 2.75) is 36.8 Å². The van der Waals surface area contributed by atoms with Crippen LogP contribution < -0.4 is 15.1 Å². The molecule has 2 aliphatic heterocycles. The molecule has 9 N–H and O–H groups in total. The second-order valence-electron chi connectivity index (χ2n) is 11.3. The number of aromatic hydroxyl groups is 7. The van der Waals surface area contributed by atoms with Crippen LogP contribution in [0.1, 0.15) is 45.9 Å². The van der Waals surface area contributed by atoms with Crippen molar-refractivity contribution in [3.8, 4) is 51.7 Å². The van der Waals surface area contributed by atoms with Crippen LogP contribution in [0.25, 0.3) is 11.0 Å². The maximum atomic E-state index is 12.0. The summed E-state index contributed by atoms with van der Waals surface area (Å²) in [6.07, 6.45) is -5.60. The fourth-order valence-electron chi connectivity index (χ4n) is 6.31. The Labute approximate surface area is 258 Å². The number of aliphatic hydroxyl groups excluding tert-OH is 2. The van der Waals surface area contributed by atoms with Crippen LogP contribution in [0.3, 0.4) is 0 Å². The highest BCUT2D eigenvalue weighted by molar-refractivity contribution is 5.88. The molecule has 0 spiro atoms. The van der Waals surface area contributed by atoms with Crippen molar-refractivity contribution in [3.63, 3.8) is 0 Å². The number of ether oxygens (including phenoxy) is 2. The highest BCUT2D eigenvalue weighted by atomic mass is 16.5. The summed E-state index contributed by atoms with van der Waals surface area (Å²) in [6.45, 7) is 0. The number of phenols is 7. The minimum Gasteiger partial charge on any atom is -0.507 e. The molecule has 13 nitrogen and oxygen atoms in total. The highest BCUT2D eigenvalue weighted by Crippen LogP contribution is 2.58. The van der Waals surface area contributed by atoms with Crippen molar-refractivity contribution in [1.82, 2.24) is 0 Å². The summed E-state index contributed by atoms with van der Waals surface area (Å²) < 4.78 is 17.7. The lowest BCUT2D eigenvalue weighted by molar-refractivity contribution is 0.00209. The lowest BCUT2D eigenvalue weighted by Crippen LogP contribution is -2.37. The van der Waals surface area contributed by atoms with E-state index in [1.54, 1.807) is 0 Å². The molecule has 0 amide bonds. The van der Waals surface area contributed by atoms with Gasteiger partial charge in [-0.1, -0.05) is 12.1 Å². The fraction of sp³-hybridized carbons (Fsp3) is 0.182. The minimum atomic E-state index is -1.64. The fourth-order valence-corrected chi connectivity index (χ4v) is 6.31. The normalized spacial score (nSPS) is 22.0. The van der Waals surface area contributed by atoms with Gasteiger partial charge >= 0.3 is 5.63 Å². The molecule has 0 bridgehead atoms. The van der Waals surface area contributed by atoms with Crippen molar-refractivity contribution in [2.24, 2.45) is 0 Å². The smallest absolute Gasteiger partial charge is 0.336 e. The summed E-state index contributed by atoms with van der Waals surface area (Å²) in [6, 6.07) is 12.2. The summed E-state index contributed by atoms with van der Waals surface area (Å²) in [5, 5.41) is 96.8. The number of benzene rings is 4. The number of hydrogen-bond acceptors (Lipinski definition) is 13. The molecule has 5 unspecified atom stereocenters. The molecular weight excluding hydrogens is 604 g/mol. The molecular formula is C33H26O13. The first-order chi connectivity index (χ1) is 21.9. The topological polar surface area (TPSA) is 231 Å². The van der Waals surface area contributed by atoms with Crippen LogP contribution in [0, 0.1) is 0 Å². The number of rotatable bonds is 3. The lowest BCUT2D eigenvalue weighted by Gasteiger charge is -2.40. The van der Waals surface area contributed by atoms with Crippen molar-refractivity contribution in [1.29, 1.82) is 0 Å². The van der Waals surface area contributed by atoms with Crippen molar-refractivity contribution in [2.75, 3.05) is 0 Å². The molecule has 13 heteroatoms. The first-order valence-electron chi connectivity index (χ1n) is 14.0. The molecule has 0 radical (unpaired) electrons. The molecule has 0 saturated carbocycles. The number of hydrogen-bond donors (Lipinski definition) is 9. The van der Waals surface area contributed by atoms with E-state index in [9.17, 15) is 50.8 Å². The monoisotopic (exact) mass is 630 g/mol. The summed E-state index contributed by atoms with van der Waals surface area (Å²) in [7, 11) is 0. The van der Waals surface area contributed by atoms with Gasteiger partial charge in [-0.05, 0) is 41.5 Å². The lowest BCUT2D eigenvalue weighted by atomic mass is 9.77. The zero-order valence-electron chi connectivity index (χ0n) is 23.5. The van der Waals surface area contributed by atoms with Crippen molar-refractivity contribution < 1.29 is 59.8 Å². The molecule has 0 aliphatic carbocycles. The predicted molar refractivity (Wildman–Crippen MR) is 158 cm³/mol. The van der Waals surface area contributed by atoms with Gasteiger partial charge in [0.15, 0.2) is 29.1 Å². The number of aliphatic hydroxyl groups is 2. The summed E-state index contributed by atoms with van der Waals surface area (Å²) in [4.78, 5) is 12.0. The average molecular weight is 631 g/mol. The quantitative estimate of drug-likeness (QED) is 0.103. The van der Waals surface area contributed by atoms with Crippen LogP contribution in [0.5, 0.6) is 51.7 Å². The maximum Gasteiger partial charge on any atom is 0.336 e. The molecule has 4 aromatic carbocycles. The van der Waals surface area contributed by atoms with Crippen molar-refractivity contribution >= 4 is 11.0 Å². The van der Waals surface area contributed by atoms with Gasteiger partial charge in [-0.3, -0.25) is 0 Å². The van der Waals surface area contributed by atoms with E-state index in [-0.39, 0.29) is 56.7 Å². The Morgan fingerprint density at radius 1 is 0.587 bits per heavy atom. The van der Waals surface area contributed by atoms with Gasteiger partial charge in [0, 0.05) is 41.3 Å². The van der Waals surface area contributed by atoms with Gasteiger partial charge in [0.25, 0.3) is 0 Å². The Hall–Kier alpha value is -5.79. The molecule has 236 valence electrons. The van der Waals surface area contributed by atoms with Gasteiger partial charge in [0.2, 0.25) is 0 Å². The van der Waals surface area contributed by atoms with E-state index < -0.39 is 76.2 Å². The highest BCUT2D eigenvalue weighted by Gasteiger charge is 2.46. The molecule has 0 fully saturated rings. The van der Waals surface area contributed by atoms with Crippen LogP contribution in [-0.2, 0) is 6.42 Å². The number of phenolic OH excluding ortho intramolecular Hbond substituents is 7. The van der Waals surface area contributed by atoms with Gasteiger partial charge in [-0.15, -0.1) is 0 Å². The van der Waals surface area contributed by atoms with E-state index in [1.807, 2.05) is 0 Å². The summed E-state index contributed by atoms with van der Waals surface area (Å²) >= 11 is 0. The SMILES string of the molecule is O=c1ccc2c3c(c(O)cc2o1)C(c1c(O)cc(O)c2c1OC(c1ccc(O)c(O)c1)C(O)C2)C(O)C(c1ccc(O)c(O)c1)O3. The van der Waals surface area contributed by atoms with Crippen LogP contribution >= 0.6 is 0 Å². The molecule has 1 aromatic heterocycles. The third-order valence-electron chi connectivity index (χ3n) is 8.45. The first kappa shape index (κ1) is 29.0. The van der Waals surface area contributed by atoms with Gasteiger partial charge in [0.1, 0.15) is 46.5 Å². The van der Waals surface area contributed by atoms with Crippen LogP contribution in [0.4, 0.5) is 0 Å². The van der Waals surface area contributed by atoms with Crippen LogP contribution in [-0.4, -0.2) is 58.2 Å². The van der Waals surface area contributed by atoms with Gasteiger partial charge in [-0.25, -0.2) is 4.79 Å². The Balaban J connectivity index is 1.48. The Bertz CT molecular complexity index is 2100. The Morgan fingerprint density at radius 3 is 1.83 bits per heavy atom. The summed E-state index contributed by atoms with van der Waals surface area (Å²) in [5.74, 6) is -4.83. The van der Waals surface area contributed by atoms with Crippen molar-refractivity contribution in [3.05, 3.63) is 98.9 Å². The molecule has 46 heavy (non-hydrogen) atoms. The molecule has 3 heterocycles. The Kier molecular flexibility index (Phi) is 6.54. The van der Waals surface area contributed by atoms with E-state index in [0.29, 0.717) is 0 Å². The standard InChI is InChI=1S/C33H26O13/c34-16-4-1-12(7-19(16)37)30-23(41)9-15-18(36)10-21(39)26(33(15)45-30)28-27-22(40)11-24-14(3-6-25(42)44-24)32(27)46-31(29(28)43)13-2-5-17(35)20(38)8-13/h1-8,10-11,23,28-31,34-41,43H,9H2. The second-order valence-corrected chi connectivity index (χ2v) is 11.3. The van der Waals surface area contributed by atoms with E-state index in [4.69, 9.17) is 13.9 Å². The third-order valence-corrected chi connectivity index (χ3v) is 8.45. The van der Waals surface area contributed by atoms with Gasteiger partial charge in [0.05, 0.1) is 17.4 Å². The molecule has 5 atom stereocenters. The molecule has 0 saturated heterocycles. The predicted octanol–water partition coefficient (Wildman–Crippen LogP) is 3.40. The maximum absolute atomic E-state index is 12.0. The Morgan fingerprint density at radius 2 is 1.17 bits per heavy atom. The average Bonchev–Trinajstić information content (AvgIpc) is 3.00. The largest absolute Gasteiger partial charge is 0.507 e. The molecule has 5 aromatic rings.